The maximum atomic E-state index is 12.7. The molecule has 0 bridgehead atoms. The molecule has 3 aliphatic heterocycles. The van der Waals surface area contributed by atoms with Crippen LogP contribution in [0.5, 0.6) is 0 Å². The number of nitrogens with two attached hydrogens (primary N) is 1. The number of piperidine rings is 1. The fourth-order valence-corrected chi connectivity index (χ4v) is 4.29. The number of hydrogen-bond donors (Lipinski definition) is 2. The first-order chi connectivity index (χ1) is 12.8. The Morgan fingerprint density at radius 3 is 2.44 bits per heavy atom. The first-order valence-electron chi connectivity index (χ1n) is 9.52. The van der Waals surface area contributed by atoms with Crippen molar-refractivity contribution in [3.63, 3.8) is 0 Å². The number of piperazine rings is 1. The van der Waals surface area contributed by atoms with Crippen LogP contribution in [0.15, 0.2) is 0 Å². The van der Waals surface area contributed by atoms with E-state index in [4.69, 9.17) is 20.6 Å². The number of rotatable bonds is 4. The van der Waals surface area contributed by atoms with Crippen LogP contribution < -0.4 is 5.73 Å². The van der Waals surface area contributed by atoms with E-state index in [1.165, 1.54) is 7.11 Å². The van der Waals surface area contributed by atoms with E-state index >= 15 is 0 Å². The van der Waals surface area contributed by atoms with Crippen LogP contribution in [0.1, 0.15) is 12.8 Å². The summed E-state index contributed by atoms with van der Waals surface area (Å²) in [6.45, 7) is 5.39. The number of likely N-dealkylation sites (N-methyl/N-ethyl adjacent to an activating group) is 1. The fourth-order valence-electron chi connectivity index (χ4n) is 4.29. The molecule has 152 valence electrons. The lowest BCUT2D eigenvalue weighted by Gasteiger charge is -2.39. The standard InChI is InChI=1S/C17H31N6O4/c1-23(13-3-5-22(6-4-13)16(18)19)12-14(27-17(23)25)21-9-7-20(8-10-21)11-15(24)26-2/h13-14H,3-12H2,1-2H3,(H3,18,19)/q+1. The Hall–Kier alpha value is -1.91. The molecule has 10 heteroatoms. The molecule has 3 saturated heterocycles. The Morgan fingerprint density at radius 2 is 1.89 bits per heavy atom. The topological polar surface area (TPSA) is 112 Å². The molecule has 27 heavy (non-hydrogen) atoms. The van der Waals surface area contributed by atoms with Crippen molar-refractivity contribution >= 4 is 18.0 Å². The van der Waals surface area contributed by atoms with Crippen molar-refractivity contribution in [2.24, 2.45) is 5.73 Å². The number of carbonyl (C=O) groups excluding carboxylic acids is 2. The summed E-state index contributed by atoms with van der Waals surface area (Å²) in [7, 11) is 3.36. The molecule has 1 amide bonds. The van der Waals surface area contributed by atoms with Gasteiger partial charge in [-0.25, -0.2) is 4.48 Å². The summed E-state index contributed by atoms with van der Waals surface area (Å²) >= 11 is 0. The lowest BCUT2D eigenvalue weighted by atomic mass is 10.0. The van der Waals surface area contributed by atoms with Gasteiger partial charge in [-0.3, -0.25) is 20.0 Å². The molecule has 0 radical (unpaired) electrons. The van der Waals surface area contributed by atoms with Gasteiger partial charge in [0.15, 0.2) is 5.96 Å². The van der Waals surface area contributed by atoms with Crippen molar-refractivity contribution < 1.29 is 23.5 Å². The normalized spacial score (nSPS) is 31.0. The van der Waals surface area contributed by atoms with Gasteiger partial charge in [0.2, 0.25) is 6.23 Å². The summed E-state index contributed by atoms with van der Waals surface area (Å²) in [6.07, 6.45) is 1.27. The van der Waals surface area contributed by atoms with Gasteiger partial charge in [-0.05, 0) is 0 Å². The van der Waals surface area contributed by atoms with Crippen LogP contribution in [-0.2, 0) is 14.3 Å². The number of cyclic esters (lactones) is 1. The van der Waals surface area contributed by atoms with Crippen molar-refractivity contribution in [1.82, 2.24) is 14.7 Å². The molecule has 3 fully saturated rings. The highest BCUT2D eigenvalue weighted by Crippen LogP contribution is 2.30. The van der Waals surface area contributed by atoms with Gasteiger partial charge in [0.05, 0.1) is 20.7 Å². The molecule has 0 saturated carbocycles. The summed E-state index contributed by atoms with van der Waals surface area (Å²) in [5, 5.41) is 7.56. The van der Waals surface area contributed by atoms with Gasteiger partial charge in [-0.1, -0.05) is 0 Å². The molecule has 3 heterocycles. The monoisotopic (exact) mass is 383 g/mol. The molecular formula is C17H31N6O4+. The summed E-state index contributed by atoms with van der Waals surface area (Å²) < 4.78 is 10.8. The van der Waals surface area contributed by atoms with Crippen LogP contribution in [0.25, 0.3) is 0 Å². The smallest absolute Gasteiger partial charge is 0.468 e. The largest absolute Gasteiger partial charge is 0.517 e. The number of amides is 1. The second kappa shape index (κ2) is 7.99. The Kier molecular flexibility index (Phi) is 5.87. The summed E-state index contributed by atoms with van der Waals surface area (Å²) in [4.78, 5) is 30.2. The van der Waals surface area contributed by atoms with E-state index in [1.807, 2.05) is 11.9 Å². The van der Waals surface area contributed by atoms with Gasteiger partial charge < -0.3 is 20.1 Å². The maximum absolute atomic E-state index is 12.7. The molecule has 0 aliphatic carbocycles. The summed E-state index contributed by atoms with van der Waals surface area (Å²) in [5.41, 5.74) is 5.57. The lowest BCUT2D eigenvalue weighted by molar-refractivity contribution is -0.852. The molecule has 3 aliphatic rings. The van der Waals surface area contributed by atoms with Crippen molar-refractivity contribution in [2.75, 3.05) is 66.5 Å². The first-order valence-corrected chi connectivity index (χ1v) is 9.52. The zero-order chi connectivity index (χ0) is 19.6. The number of nitrogens with zero attached hydrogens (tertiary/aromatic N) is 4. The number of carbonyl (C=O) groups is 2. The van der Waals surface area contributed by atoms with Crippen LogP contribution in [0, 0.1) is 5.41 Å². The van der Waals surface area contributed by atoms with E-state index in [9.17, 15) is 9.59 Å². The maximum Gasteiger partial charge on any atom is 0.517 e. The Morgan fingerprint density at radius 1 is 1.26 bits per heavy atom. The van der Waals surface area contributed by atoms with Crippen molar-refractivity contribution in [3.05, 3.63) is 0 Å². The number of quaternary nitrogens is 1. The van der Waals surface area contributed by atoms with Gasteiger partial charge in [-0.15, -0.1) is 0 Å². The second-order valence-corrected chi connectivity index (χ2v) is 7.78. The first kappa shape index (κ1) is 19.8. The van der Waals surface area contributed by atoms with E-state index in [0.29, 0.717) is 30.7 Å². The average molecular weight is 383 g/mol. The minimum absolute atomic E-state index is 0.0998. The highest BCUT2D eigenvalue weighted by Gasteiger charge is 2.53. The molecule has 2 unspecified atom stereocenters. The molecule has 2 atom stereocenters. The molecule has 0 aromatic rings. The molecular weight excluding hydrogens is 352 g/mol. The number of guanidine groups is 1. The van der Waals surface area contributed by atoms with Crippen LogP contribution >= 0.6 is 0 Å². The van der Waals surface area contributed by atoms with Gasteiger partial charge in [0, 0.05) is 52.1 Å². The second-order valence-electron chi connectivity index (χ2n) is 7.78. The number of nitrogens with one attached hydrogen (secondary N) is 1. The highest BCUT2D eigenvalue weighted by molar-refractivity contribution is 5.74. The number of likely N-dealkylation sites (tertiary alicyclic amines) is 1. The minimum Gasteiger partial charge on any atom is -0.468 e. The van der Waals surface area contributed by atoms with Crippen molar-refractivity contribution in [2.45, 2.75) is 25.1 Å². The highest BCUT2D eigenvalue weighted by atomic mass is 16.6. The molecule has 0 aromatic carbocycles. The number of esters is 1. The Bertz CT molecular complexity index is 586. The number of hydrogen-bond acceptors (Lipinski definition) is 7. The molecule has 0 spiro atoms. The number of methoxy groups -OCH3 is 1. The van der Waals surface area contributed by atoms with Crippen LogP contribution in [0.4, 0.5) is 4.79 Å². The summed E-state index contributed by atoms with van der Waals surface area (Å²) in [5.74, 6) is -0.125. The Balaban J connectivity index is 1.53. The van der Waals surface area contributed by atoms with Crippen LogP contribution in [0.3, 0.4) is 0 Å². The molecule has 0 aromatic heterocycles. The minimum atomic E-state index is -0.225. The average Bonchev–Trinajstić information content (AvgIpc) is 2.98. The molecule has 10 nitrogen and oxygen atoms in total. The predicted octanol–water partition coefficient (Wildman–Crippen LogP) is -0.942. The molecule has 3 N–H and O–H groups in total. The van der Waals surface area contributed by atoms with E-state index in [2.05, 4.69) is 9.80 Å². The van der Waals surface area contributed by atoms with E-state index in [0.717, 1.165) is 39.0 Å². The SMILES string of the molecule is COC(=O)CN1CCN(C2C[N+](C)(C3CCN(C(=N)N)CC3)C(=O)O2)CC1. The third kappa shape index (κ3) is 4.17. The van der Waals surface area contributed by atoms with Gasteiger partial charge in [0.1, 0.15) is 12.6 Å². The van der Waals surface area contributed by atoms with Gasteiger partial charge in [-0.2, -0.15) is 4.79 Å². The zero-order valence-corrected chi connectivity index (χ0v) is 16.2. The van der Waals surface area contributed by atoms with Crippen molar-refractivity contribution in [3.8, 4) is 0 Å². The van der Waals surface area contributed by atoms with E-state index in [-0.39, 0.29) is 30.3 Å². The zero-order valence-electron chi connectivity index (χ0n) is 16.2. The van der Waals surface area contributed by atoms with Crippen LogP contribution in [-0.4, -0.2) is 116 Å². The summed E-state index contributed by atoms with van der Waals surface area (Å²) in [6, 6.07) is 0.193. The third-order valence-corrected chi connectivity index (χ3v) is 6.20. The van der Waals surface area contributed by atoms with Crippen LogP contribution in [0.2, 0.25) is 0 Å². The lowest BCUT2D eigenvalue weighted by Crippen LogP contribution is -2.59. The third-order valence-electron chi connectivity index (χ3n) is 6.20. The van der Waals surface area contributed by atoms with E-state index < -0.39 is 0 Å². The molecule has 3 rings (SSSR count). The van der Waals surface area contributed by atoms with Crippen molar-refractivity contribution in [1.29, 1.82) is 5.41 Å². The quantitative estimate of drug-likeness (QED) is 0.277. The Labute approximate surface area is 159 Å². The fraction of sp³-hybridized carbons (Fsp3) is 0.824. The van der Waals surface area contributed by atoms with Gasteiger partial charge in [0.25, 0.3) is 0 Å². The van der Waals surface area contributed by atoms with E-state index in [1.54, 1.807) is 0 Å². The van der Waals surface area contributed by atoms with Gasteiger partial charge >= 0.3 is 12.1 Å². The number of ether oxygens (including phenoxy) is 2. The predicted molar refractivity (Wildman–Crippen MR) is 97.9 cm³/mol.